The van der Waals surface area contributed by atoms with Gasteiger partial charge in [-0.15, -0.1) is 11.3 Å². The molecule has 0 saturated heterocycles. The van der Waals surface area contributed by atoms with Gasteiger partial charge in [-0.05, 0) is 63.5 Å². The van der Waals surface area contributed by atoms with Crippen LogP contribution >= 0.6 is 33.9 Å². The minimum atomic E-state index is 0.888. The number of methoxy groups -OCH3 is 1. The van der Waals surface area contributed by atoms with Crippen molar-refractivity contribution in [2.24, 2.45) is 0 Å². The van der Waals surface area contributed by atoms with Gasteiger partial charge in [-0.2, -0.15) is 0 Å². The van der Waals surface area contributed by atoms with Crippen molar-refractivity contribution in [1.29, 1.82) is 0 Å². The van der Waals surface area contributed by atoms with Gasteiger partial charge < -0.3 is 4.74 Å². The molecule has 0 aliphatic carbocycles. The van der Waals surface area contributed by atoms with Gasteiger partial charge in [0.15, 0.2) is 0 Å². The van der Waals surface area contributed by atoms with Gasteiger partial charge in [-0.25, -0.2) is 0 Å². The van der Waals surface area contributed by atoms with Gasteiger partial charge in [-0.3, -0.25) is 0 Å². The van der Waals surface area contributed by atoms with Crippen LogP contribution in [-0.2, 0) is 0 Å². The van der Waals surface area contributed by atoms with Gasteiger partial charge in [0.05, 0.1) is 9.99 Å². The van der Waals surface area contributed by atoms with Crippen molar-refractivity contribution in [3.8, 4) is 27.3 Å². The highest BCUT2D eigenvalue weighted by Crippen LogP contribution is 2.31. The second kappa shape index (κ2) is 5.97. The fourth-order valence-electron chi connectivity index (χ4n) is 2.08. The van der Waals surface area contributed by atoms with Crippen molar-refractivity contribution in [1.82, 2.24) is 0 Å². The van der Waals surface area contributed by atoms with Gasteiger partial charge in [0.25, 0.3) is 0 Å². The standard InChI is InChI=1S/C17H13IOS/c1-19-15-8-6-13(7-9-15)12-2-4-14(5-3-12)16-10-11-17(18)20-16/h2-11H,1H3. The molecule has 3 heteroatoms. The molecule has 0 spiro atoms. The summed E-state index contributed by atoms with van der Waals surface area (Å²) in [6.07, 6.45) is 0. The number of benzene rings is 2. The smallest absolute Gasteiger partial charge is 0.118 e. The van der Waals surface area contributed by atoms with Gasteiger partial charge >= 0.3 is 0 Å². The Hall–Kier alpha value is -1.33. The van der Waals surface area contributed by atoms with Crippen LogP contribution in [0.3, 0.4) is 0 Å². The average Bonchev–Trinajstić information content (AvgIpc) is 2.94. The van der Waals surface area contributed by atoms with Gasteiger partial charge in [0.1, 0.15) is 5.75 Å². The summed E-state index contributed by atoms with van der Waals surface area (Å²) < 4.78 is 6.50. The molecular formula is C17H13IOS. The molecule has 1 aromatic heterocycles. The average molecular weight is 392 g/mol. The Labute approximate surface area is 136 Å². The van der Waals surface area contributed by atoms with E-state index < -0.39 is 0 Å². The summed E-state index contributed by atoms with van der Waals surface area (Å²) in [5.41, 5.74) is 3.70. The van der Waals surface area contributed by atoms with Crippen molar-refractivity contribution in [3.63, 3.8) is 0 Å². The molecule has 0 fully saturated rings. The topological polar surface area (TPSA) is 9.23 Å². The largest absolute Gasteiger partial charge is 0.497 e. The molecule has 2 aromatic carbocycles. The molecule has 3 aromatic rings. The lowest BCUT2D eigenvalue weighted by Gasteiger charge is -2.05. The van der Waals surface area contributed by atoms with Crippen LogP contribution < -0.4 is 4.74 Å². The maximum absolute atomic E-state index is 5.18. The van der Waals surface area contributed by atoms with E-state index in [-0.39, 0.29) is 0 Å². The monoisotopic (exact) mass is 392 g/mol. The fourth-order valence-corrected chi connectivity index (χ4v) is 3.71. The third-order valence-electron chi connectivity index (χ3n) is 3.17. The quantitative estimate of drug-likeness (QED) is 0.520. The fraction of sp³-hybridized carbons (Fsp3) is 0.0588. The van der Waals surface area contributed by atoms with Crippen molar-refractivity contribution < 1.29 is 4.74 Å². The molecular weight excluding hydrogens is 379 g/mol. The van der Waals surface area contributed by atoms with E-state index in [9.17, 15) is 0 Å². The van der Waals surface area contributed by atoms with Crippen LogP contribution in [0.15, 0.2) is 60.7 Å². The predicted octanol–water partition coefficient (Wildman–Crippen LogP) is 5.70. The molecule has 100 valence electrons. The van der Waals surface area contributed by atoms with E-state index in [1.807, 2.05) is 23.5 Å². The third kappa shape index (κ3) is 2.88. The van der Waals surface area contributed by atoms with Gasteiger partial charge in [-0.1, -0.05) is 36.4 Å². The molecule has 0 bridgehead atoms. The van der Waals surface area contributed by atoms with Crippen LogP contribution in [-0.4, -0.2) is 7.11 Å². The first kappa shape index (κ1) is 13.6. The first-order chi connectivity index (χ1) is 9.76. The van der Waals surface area contributed by atoms with Gasteiger partial charge in [0.2, 0.25) is 0 Å². The van der Waals surface area contributed by atoms with Crippen LogP contribution in [0.4, 0.5) is 0 Å². The highest BCUT2D eigenvalue weighted by molar-refractivity contribution is 14.1. The first-order valence-corrected chi connectivity index (χ1v) is 8.16. The summed E-state index contributed by atoms with van der Waals surface area (Å²) in [6.45, 7) is 0. The lowest BCUT2D eigenvalue weighted by atomic mass is 10.0. The highest BCUT2D eigenvalue weighted by Gasteiger charge is 2.03. The minimum absolute atomic E-state index is 0.888. The summed E-state index contributed by atoms with van der Waals surface area (Å²) >= 11 is 4.17. The number of thiophene rings is 1. The normalized spacial score (nSPS) is 10.5. The van der Waals surface area contributed by atoms with Gasteiger partial charge in [0, 0.05) is 4.88 Å². The SMILES string of the molecule is COc1ccc(-c2ccc(-c3ccc(I)s3)cc2)cc1. The van der Waals surface area contributed by atoms with E-state index >= 15 is 0 Å². The molecule has 0 atom stereocenters. The van der Waals surface area contributed by atoms with E-state index in [1.165, 1.54) is 24.5 Å². The third-order valence-corrected chi connectivity index (χ3v) is 5.11. The lowest BCUT2D eigenvalue weighted by Crippen LogP contribution is -1.82. The Bertz CT molecular complexity index is 699. The molecule has 0 saturated carbocycles. The van der Waals surface area contributed by atoms with E-state index in [0.29, 0.717) is 0 Å². The molecule has 1 heterocycles. The summed E-state index contributed by atoms with van der Waals surface area (Å²) in [5.74, 6) is 0.888. The minimum Gasteiger partial charge on any atom is -0.497 e. The van der Waals surface area contributed by atoms with Crippen molar-refractivity contribution in [3.05, 3.63) is 63.5 Å². The molecule has 0 unspecified atom stereocenters. The Balaban J connectivity index is 1.88. The number of hydrogen-bond acceptors (Lipinski definition) is 2. The first-order valence-electron chi connectivity index (χ1n) is 6.26. The summed E-state index contributed by atoms with van der Waals surface area (Å²) in [6, 6.07) is 21.2. The van der Waals surface area contributed by atoms with Crippen molar-refractivity contribution >= 4 is 33.9 Å². The predicted molar refractivity (Wildman–Crippen MR) is 94.5 cm³/mol. The summed E-state index contributed by atoms with van der Waals surface area (Å²) in [5, 5.41) is 0. The zero-order chi connectivity index (χ0) is 13.9. The van der Waals surface area contributed by atoms with Crippen molar-refractivity contribution in [2.45, 2.75) is 0 Å². The lowest BCUT2D eigenvalue weighted by molar-refractivity contribution is 0.415. The van der Waals surface area contributed by atoms with Crippen molar-refractivity contribution in [2.75, 3.05) is 7.11 Å². The Kier molecular flexibility index (Phi) is 4.08. The van der Waals surface area contributed by atoms with E-state index in [0.717, 1.165) is 5.75 Å². The molecule has 3 rings (SSSR count). The second-order valence-electron chi connectivity index (χ2n) is 4.41. The summed E-state index contributed by atoms with van der Waals surface area (Å²) in [4.78, 5) is 1.32. The molecule has 20 heavy (non-hydrogen) atoms. The molecule has 0 aliphatic rings. The Morgan fingerprint density at radius 2 is 1.30 bits per heavy atom. The van der Waals surface area contributed by atoms with Crippen LogP contribution in [0.5, 0.6) is 5.75 Å². The summed E-state index contributed by atoms with van der Waals surface area (Å²) in [7, 11) is 1.69. The highest BCUT2D eigenvalue weighted by atomic mass is 127. The molecule has 0 radical (unpaired) electrons. The van der Waals surface area contributed by atoms with Crippen LogP contribution in [0.2, 0.25) is 0 Å². The molecule has 1 nitrogen and oxygen atoms in total. The Morgan fingerprint density at radius 3 is 1.80 bits per heavy atom. The Morgan fingerprint density at radius 1 is 0.750 bits per heavy atom. The van der Waals surface area contributed by atoms with E-state index in [1.54, 1.807) is 7.11 Å². The zero-order valence-electron chi connectivity index (χ0n) is 11.0. The van der Waals surface area contributed by atoms with Crippen LogP contribution in [0.25, 0.3) is 21.6 Å². The van der Waals surface area contributed by atoms with Crippen LogP contribution in [0.1, 0.15) is 0 Å². The van der Waals surface area contributed by atoms with E-state index in [2.05, 4.69) is 71.1 Å². The molecule has 0 amide bonds. The maximum atomic E-state index is 5.18. The maximum Gasteiger partial charge on any atom is 0.118 e. The zero-order valence-corrected chi connectivity index (χ0v) is 13.9. The molecule has 0 aliphatic heterocycles. The van der Waals surface area contributed by atoms with E-state index in [4.69, 9.17) is 4.74 Å². The van der Waals surface area contributed by atoms with Crippen LogP contribution in [0, 0.1) is 2.88 Å². The number of halogens is 1. The molecule has 0 N–H and O–H groups in total. The number of hydrogen-bond donors (Lipinski definition) is 0. The number of rotatable bonds is 3. The second-order valence-corrected chi connectivity index (χ2v) is 7.39. The number of ether oxygens (including phenoxy) is 1.